The number of nitrogens with zero attached hydrogens (tertiary/aromatic N) is 1. The SMILES string of the molecule is CCC1NC(c2ccc(C)s2)N(CC(C)OC)C1=O. The summed E-state index contributed by atoms with van der Waals surface area (Å²) in [6, 6.07) is 4.13. The maximum atomic E-state index is 12.4. The van der Waals surface area contributed by atoms with Gasteiger partial charge in [-0.2, -0.15) is 0 Å². The summed E-state index contributed by atoms with van der Waals surface area (Å²) in [5, 5.41) is 3.43. The van der Waals surface area contributed by atoms with Gasteiger partial charge in [-0.25, -0.2) is 0 Å². The summed E-state index contributed by atoms with van der Waals surface area (Å²) >= 11 is 1.74. The molecular formula is C14H22N2O2S. The van der Waals surface area contributed by atoms with Gasteiger partial charge in [-0.15, -0.1) is 11.3 Å². The van der Waals surface area contributed by atoms with Crippen molar-refractivity contribution in [1.82, 2.24) is 10.2 Å². The topological polar surface area (TPSA) is 41.6 Å². The first kappa shape index (κ1) is 14.5. The van der Waals surface area contributed by atoms with Gasteiger partial charge in [0.25, 0.3) is 0 Å². The third-order valence-corrected chi connectivity index (χ3v) is 4.60. The normalized spacial score (nSPS) is 25.1. The fraction of sp³-hybridized carbons (Fsp3) is 0.643. The van der Waals surface area contributed by atoms with Crippen LogP contribution in [0.3, 0.4) is 0 Å². The highest BCUT2D eigenvalue weighted by molar-refractivity contribution is 7.12. The van der Waals surface area contributed by atoms with Crippen molar-refractivity contribution < 1.29 is 9.53 Å². The Morgan fingerprint density at radius 1 is 1.53 bits per heavy atom. The van der Waals surface area contributed by atoms with Crippen molar-refractivity contribution in [2.45, 2.75) is 45.5 Å². The number of methoxy groups -OCH3 is 1. The van der Waals surface area contributed by atoms with Crippen molar-refractivity contribution in [3.63, 3.8) is 0 Å². The zero-order chi connectivity index (χ0) is 14.0. The Morgan fingerprint density at radius 2 is 2.26 bits per heavy atom. The molecule has 1 amide bonds. The maximum Gasteiger partial charge on any atom is 0.241 e. The smallest absolute Gasteiger partial charge is 0.241 e. The van der Waals surface area contributed by atoms with Crippen molar-refractivity contribution in [2.75, 3.05) is 13.7 Å². The highest BCUT2D eigenvalue weighted by Gasteiger charge is 2.39. The molecule has 2 rings (SSSR count). The number of nitrogens with one attached hydrogen (secondary N) is 1. The van der Waals surface area contributed by atoms with Crippen LogP contribution >= 0.6 is 11.3 Å². The molecule has 5 heteroatoms. The Bertz CT molecular complexity index is 446. The Morgan fingerprint density at radius 3 is 2.79 bits per heavy atom. The van der Waals surface area contributed by atoms with E-state index in [2.05, 4.69) is 24.4 Å². The van der Waals surface area contributed by atoms with E-state index in [0.717, 1.165) is 6.42 Å². The molecule has 1 N–H and O–H groups in total. The number of rotatable bonds is 5. The van der Waals surface area contributed by atoms with Crippen LogP contribution < -0.4 is 5.32 Å². The molecule has 3 unspecified atom stereocenters. The van der Waals surface area contributed by atoms with Crippen molar-refractivity contribution in [3.8, 4) is 0 Å². The molecule has 1 aliphatic rings. The van der Waals surface area contributed by atoms with E-state index in [0.29, 0.717) is 6.54 Å². The molecule has 0 spiro atoms. The van der Waals surface area contributed by atoms with Gasteiger partial charge in [0, 0.05) is 23.4 Å². The summed E-state index contributed by atoms with van der Waals surface area (Å²) in [7, 11) is 1.68. The number of carbonyl (C=O) groups excluding carboxylic acids is 1. The van der Waals surface area contributed by atoms with Crippen LogP contribution in [0.4, 0.5) is 0 Å². The van der Waals surface area contributed by atoms with Crippen molar-refractivity contribution in [2.24, 2.45) is 0 Å². The van der Waals surface area contributed by atoms with Crippen LogP contribution in [0, 0.1) is 6.92 Å². The standard InChI is InChI=1S/C14H22N2O2S/c1-5-11-14(17)16(8-9(2)18-4)13(15-11)12-7-6-10(3)19-12/h6-7,9,11,13,15H,5,8H2,1-4H3. The molecule has 2 heterocycles. The molecule has 106 valence electrons. The molecule has 1 fully saturated rings. The fourth-order valence-corrected chi connectivity index (χ4v) is 3.31. The molecule has 0 radical (unpaired) electrons. The molecule has 0 aliphatic carbocycles. The second-order valence-electron chi connectivity index (χ2n) is 5.02. The van der Waals surface area contributed by atoms with Gasteiger partial charge in [0.1, 0.15) is 6.17 Å². The van der Waals surface area contributed by atoms with Gasteiger partial charge in [-0.1, -0.05) is 6.92 Å². The number of thiophene rings is 1. The zero-order valence-electron chi connectivity index (χ0n) is 12.0. The van der Waals surface area contributed by atoms with Crippen LogP contribution in [0.25, 0.3) is 0 Å². The molecule has 3 atom stereocenters. The highest BCUT2D eigenvalue weighted by atomic mass is 32.1. The Labute approximate surface area is 118 Å². The van der Waals surface area contributed by atoms with Gasteiger partial charge in [-0.3, -0.25) is 10.1 Å². The third-order valence-electron chi connectivity index (χ3n) is 3.55. The van der Waals surface area contributed by atoms with Crippen molar-refractivity contribution >= 4 is 17.2 Å². The predicted molar refractivity (Wildman–Crippen MR) is 77.2 cm³/mol. The molecule has 4 nitrogen and oxygen atoms in total. The van der Waals surface area contributed by atoms with E-state index in [1.165, 1.54) is 9.75 Å². The largest absolute Gasteiger partial charge is 0.380 e. The van der Waals surface area contributed by atoms with E-state index < -0.39 is 0 Å². The summed E-state index contributed by atoms with van der Waals surface area (Å²) in [5.74, 6) is 0.183. The lowest BCUT2D eigenvalue weighted by atomic mass is 10.2. The van der Waals surface area contributed by atoms with E-state index in [1.807, 2.05) is 18.7 Å². The number of aryl methyl sites for hydroxylation is 1. The lowest BCUT2D eigenvalue weighted by Gasteiger charge is -2.25. The Kier molecular flexibility index (Phi) is 4.60. The summed E-state index contributed by atoms with van der Waals surface area (Å²) in [6.45, 7) is 6.74. The molecule has 0 saturated carbocycles. The maximum absolute atomic E-state index is 12.4. The molecule has 1 saturated heterocycles. The molecule has 0 aromatic carbocycles. The van der Waals surface area contributed by atoms with Crippen LogP contribution in [-0.4, -0.2) is 36.6 Å². The summed E-state index contributed by atoms with van der Waals surface area (Å²) in [6.07, 6.45) is 0.857. The minimum atomic E-state index is -0.0727. The van der Waals surface area contributed by atoms with Crippen LogP contribution in [0.2, 0.25) is 0 Å². The average Bonchev–Trinajstić information content (AvgIpc) is 2.95. The van der Waals surface area contributed by atoms with Gasteiger partial charge in [-0.05, 0) is 32.4 Å². The van der Waals surface area contributed by atoms with Crippen LogP contribution in [0.5, 0.6) is 0 Å². The summed E-state index contributed by atoms with van der Waals surface area (Å²) < 4.78 is 5.30. The van der Waals surface area contributed by atoms with E-state index in [9.17, 15) is 4.79 Å². The number of ether oxygens (including phenoxy) is 1. The fourth-order valence-electron chi connectivity index (χ4n) is 2.35. The van der Waals surface area contributed by atoms with E-state index in [1.54, 1.807) is 18.4 Å². The van der Waals surface area contributed by atoms with E-state index >= 15 is 0 Å². The molecule has 1 aliphatic heterocycles. The first-order valence-corrected chi connectivity index (χ1v) is 7.54. The second kappa shape index (κ2) is 6.03. The summed E-state index contributed by atoms with van der Waals surface area (Å²) in [5.41, 5.74) is 0. The highest BCUT2D eigenvalue weighted by Crippen LogP contribution is 2.31. The molecule has 1 aromatic heterocycles. The molecule has 19 heavy (non-hydrogen) atoms. The lowest BCUT2D eigenvalue weighted by Crippen LogP contribution is -2.36. The molecule has 0 bridgehead atoms. The van der Waals surface area contributed by atoms with Gasteiger partial charge in [0.15, 0.2) is 0 Å². The van der Waals surface area contributed by atoms with Crippen LogP contribution in [0.15, 0.2) is 12.1 Å². The average molecular weight is 282 g/mol. The first-order valence-electron chi connectivity index (χ1n) is 6.72. The van der Waals surface area contributed by atoms with Crippen LogP contribution in [0.1, 0.15) is 36.2 Å². The predicted octanol–water partition coefficient (Wildman–Crippen LogP) is 2.30. The summed E-state index contributed by atoms with van der Waals surface area (Å²) in [4.78, 5) is 16.8. The van der Waals surface area contributed by atoms with Gasteiger partial charge in [0.2, 0.25) is 5.91 Å². The minimum Gasteiger partial charge on any atom is -0.380 e. The first-order chi connectivity index (χ1) is 9.06. The van der Waals surface area contributed by atoms with E-state index in [-0.39, 0.29) is 24.2 Å². The minimum absolute atomic E-state index is 0.00579. The number of carbonyl (C=O) groups is 1. The molecule has 1 aromatic rings. The Balaban J connectivity index is 2.21. The molecular weight excluding hydrogens is 260 g/mol. The number of hydrogen-bond acceptors (Lipinski definition) is 4. The van der Waals surface area contributed by atoms with Gasteiger partial charge < -0.3 is 9.64 Å². The van der Waals surface area contributed by atoms with Crippen LogP contribution in [-0.2, 0) is 9.53 Å². The monoisotopic (exact) mass is 282 g/mol. The zero-order valence-corrected chi connectivity index (χ0v) is 12.8. The number of amides is 1. The van der Waals surface area contributed by atoms with Crippen molar-refractivity contribution in [3.05, 3.63) is 21.9 Å². The quantitative estimate of drug-likeness (QED) is 0.901. The number of hydrogen-bond donors (Lipinski definition) is 1. The lowest BCUT2D eigenvalue weighted by molar-refractivity contribution is -0.131. The van der Waals surface area contributed by atoms with Gasteiger partial charge in [0.05, 0.1) is 12.1 Å². The Hall–Kier alpha value is -0.910. The van der Waals surface area contributed by atoms with E-state index in [4.69, 9.17) is 4.74 Å². The second-order valence-corrected chi connectivity index (χ2v) is 6.33. The van der Waals surface area contributed by atoms with Gasteiger partial charge >= 0.3 is 0 Å². The van der Waals surface area contributed by atoms with Crippen molar-refractivity contribution in [1.29, 1.82) is 0 Å². The third kappa shape index (κ3) is 2.99.